The van der Waals surface area contributed by atoms with Crippen LogP contribution in [0.2, 0.25) is 0 Å². The molecule has 1 amide bonds. The first-order valence-corrected chi connectivity index (χ1v) is 9.87. The number of carbonyl (C=O) groups excluding carboxylic acids is 1. The summed E-state index contributed by atoms with van der Waals surface area (Å²) in [4.78, 5) is 22.7. The van der Waals surface area contributed by atoms with Gasteiger partial charge in [0.15, 0.2) is 0 Å². The summed E-state index contributed by atoms with van der Waals surface area (Å²) >= 11 is 2.05. The van der Waals surface area contributed by atoms with Crippen LogP contribution in [0.1, 0.15) is 17.5 Å². The van der Waals surface area contributed by atoms with Gasteiger partial charge in [-0.1, -0.05) is 18.2 Å². The van der Waals surface area contributed by atoms with Crippen molar-refractivity contribution in [2.45, 2.75) is 25.3 Å². The van der Waals surface area contributed by atoms with E-state index in [0.29, 0.717) is 31.7 Å². The molecule has 2 aromatic rings. The maximum absolute atomic E-state index is 11.9. The number of phenols is 1. The molecule has 0 unspecified atom stereocenters. The minimum Gasteiger partial charge on any atom is -0.507 e. The highest BCUT2D eigenvalue weighted by molar-refractivity contribution is 14.1. The number of amides is 1. The number of phenolic OH excluding ortho intramolecular Hbond substituents is 1. The Morgan fingerprint density at radius 2 is 1.82 bits per heavy atom. The van der Waals surface area contributed by atoms with Crippen LogP contribution in [0.4, 0.5) is 0 Å². The maximum atomic E-state index is 11.9. The fourth-order valence-electron chi connectivity index (χ4n) is 2.47. The predicted molar refractivity (Wildman–Crippen MR) is 113 cm³/mol. The van der Waals surface area contributed by atoms with E-state index in [1.54, 1.807) is 36.4 Å². The Morgan fingerprint density at radius 3 is 2.46 bits per heavy atom. The van der Waals surface area contributed by atoms with Crippen molar-refractivity contribution in [2.75, 3.05) is 13.2 Å². The topological polar surface area (TPSA) is 122 Å². The molecule has 0 aromatic heterocycles. The van der Waals surface area contributed by atoms with Crippen molar-refractivity contribution in [3.8, 4) is 11.5 Å². The number of aryl methyl sites for hydroxylation is 1. The standard InChI is InChI=1S/C20H23IN2O5/c21-16-11-13(3-7-18(16)24)4-8-19(25)23-9-10-28-15-5-1-14(2-6-15)12-17(22)20(26)27/h1-3,5-7,11,17,24H,4,8-10,12,22H2,(H,23,25)(H,26,27)/t17-/m0/s1. The Labute approximate surface area is 177 Å². The maximum Gasteiger partial charge on any atom is 0.320 e. The molecule has 5 N–H and O–H groups in total. The molecule has 0 fully saturated rings. The molecule has 150 valence electrons. The molecule has 28 heavy (non-hydrogen) atoms. The van der Waals surface area contributed by atoms with Crippen LogP contribution in [0.15, 0.2) is 42.5 Å². The summed E-state index contributed by atoms with van der Waals surface area (Å²) in [6, 6.07) is 11.4. The van der Waals surface area contributed by atoms with Crippen molar-refractivity contribution in [1.82, 2.24) is 5.32 Å². The number of nitrogens with one attached hydrogen (secondary N) is 1. The lowest BCUT2D eigenvalue weighted by Crippen LogP contribution is -2.32. The molecule has 0 saturated heterocycles. The van der Waals surface area contributed by atoms with Gasteiger partial charge in [-0.3, -0.25) is 9.59 Å². The molecule has 0 aliphatic heterocycles. The molecular weight excluding hydrogens is 475 g/mol. The molecule has 0 heterocycles. The van der Waals surface area contributed by atoms with Crippen LogP contribution in [0.3, 0.4) is 0 Å². The molecular formula is C20H23IN2O5. The van der Waals surface area contributed by atoms with Crippen molar-refractivity contribution in [1.29, 1.82) is 0 Å². The van der Waals surface area contributed by atoms with Crippen LogP contribution in [0, 0.1) is 3.57 Å². The molecule has 1 atom stereocenters. The van der Waals surface area contributed by atoms with Crippen molar-refractivity contribution >= 4 is 34.5 Å². The number of carboxylic acids is 1. The summed E-state index contributed by atoms with van der Waals surface area (Å²) in [5.74, 6) is -0.217. The van der Waals surface area contributed by atoms with Crippen LogP contribution in [-0.2, 0) is 22.4 Å². The van der Waals surface area contributed by atoms with Crippen molar-refractivity contribution in [3.05, 3.63) is 57.2 Å². The number of nitrogens with two attached hydrogens (primary N) is 1. The predicted octanol–water partition coefficient (Wildman–Crippen LogP) is 2.08. The minimum atomic E-state index is -1.03. The molecule has 0 aliphatic carbocycles. The number of halogens is 1. The smallest absolute Gasteiger partial charge is 0.320 e. The third-order valence-electron chi connectivity index (χ3n) is 4.04. The van der Waals surface area contributed by atoms with Gasteiger partial charge in [0.1, 0.15) is 24.1 Å². The number of carbonyl (C=O) groups is 2. The van der Waals surface area contributed by atoms with E-state index in [-0.39, 0.29) is 18.1 Å². The Balaban J connectivity index is 1.65. The number of aliphatic carboxylic acids is 1. The van der Waals surface area contributed by atoms with Gasteiger partial charge in [-0.2, -0.15) is 0 Å². The van der Waals surface area contributed by atoms with Gasteiger partial charge in [-0.15, -0.1) is 0 Å². The van der Waals surface area contributed by atoms with Gasteiger partial charge in [0.25, 0.3) is 0 Å². The number of rotatable bonds is 10. The first kappa shape index (κ1) is 22.0. The van der Waals surface area contributed by atoms with Crippen LogP contribution in [0.25, 0.3) is 0 Å². The number of aromatic hydroxyl groups is 1. The summed E-state index contributed by atoms with van der Waals surface area (Å²) in [6.45, 7) is 0.717. The first-order valence-electron chi connectivity index (χ1n) is 8.79. The lowest BCUT2D eigenvalue weighted by molar-refractivity contribution is -0.138. The zero-order valence-corrected chi connectivity index (χ0v) is 17.4. The van der Waals surface area contributed by atoms with Crippen molar-refractivity contribution in [3.63, 3.8) is 0 Å². The minimum absolute atomic E-state index is 0.0651. The Morgan fingerprint density at radius 1 is 1.14 bits per heavy atom. The zero-order chi connectivity index (χ0) is 20.5. The monoisotopic (exact) mass is 498 g/mol. The number of carboxylic acid groups (broad SMARTS) is 1. The molecule has 8 heteroatoms. The molecule has 0 bridgehead atoms. The number of ether oxygens (including phenoxy) is 1. The van der Waals surface area contributed by atoms with Crippen LogP contribution >= 0.6 is 22.6 Å². The summed E-state index contributed by atoms with van der Waals surface area (Å²) < 4.78 is 6.33. The van der Waals surface area contributed by atoms with Crippen molar-refractivity contribution < 1.29 is 24.5 Å². The van der Waals surface area contributed by atoms with Crippen LogP contribution < -0.4 is 15.8 Å². The van der Waals surface area contributed by atoms with E-state index in [1.807, 2.05) is 6.07 Å². The Kier molecular flexibility index (Phi) is 8.52. The van der Waals surface area contributed by atoms with Crippen LogP contribution in [-0.4, -0.2) is 41.3 Å². The van der Waals surface area contributed by atoms with Gasteiger partial charge in [0.05, 0.1) is 10.1 Å². The molecule has 0 spiro atoms. The van der Waals surface area contributed by atoms with Crippen molar-refractivity contribution in [2.24, 2.45) is 5.73 Å². The van der Waals surface area contributed by atoms with E-state index < -0.39 is 12.0 Å². The largest absolute Gasteiger partial charge is 0.507 e. The lowest BCUT2D eigenvalue weighted by atomic mass is 10.1. The van der Waals surface area contributed by atoms with Gasteiger partial charge in [0, 0.05) is 6.42 Å². The van der Waals surface area contributed by atoms with E-state index in [9.17, 15) is 14.7 Å². The van der Waals surface area contributed by atoms with E-state index in [2.05, 4.69) is 27.9 Å². The van der Waals surface area contributed by atoms with E-state index >= 15 is 0 Å². The molecule has 2 aromatic carbocycles. The molecule has 0 radical (unpaired) electrons. The number of benzene rings is 2. The van der Waals surface area contributed by atoms with Gasteiger partial charge in [-0.05, 0) is 70.8 Å². The first-order chi connectivity index (χ1) is 13.3. The quantitative estimate of drug-likeness (QED) is 0.294. The SMILES string of the molecule is N[C@@H](Cc1ccc(OCCNC(=O)CCc2ccc(O)c(I)c2)cc1)C(=O)O. The highest BCUT2D eigenvalue weighted by Gasteiger charge is 2.11. The number of hydrogen-bond donors (Lipinski definition) is 4. The van der Waals surface area contributed by atoms with E-state index in [1.165, 1.54) is 0 Å². The van der Waals surface area contributed by atoms with Gasteiger partial charge < -0.3 is 26.0 Å². The Hall–Kier alpha value is -2.33. The average Bonchev–Trinajstić information content (AvgIpc) is 2.67. The normalized spacial score (nSPS) is 11.6. The fourth-order valence-corrected chi connectivity index (χ4v) is 3.05. The molecule has 0 aliphatic rings. The fraction of sp³-hybridized carbons (Fsp3) is 0.300. The average molecular weight is 498 g/mol. The summed E-state index contributed by atoms with van der Waals surface area (Å²) in [5, 5.41) is 21.1. The highest BCUT2D eigenvalue weighted by atomic mass is 127. The molecule has 2 rings (SSSR count). The molecule has 0 saturated carbocycles. The van der Waals surface area contributed by atoms with Gasteiger partial charge >= 0.3 is 5.97 Å². The molecule has 7 nitrogen and oxygen atoms in total. The summed E-state index contributed by atoms with van der Waals surface area (Å²) in [6.07, 6.45) is 1.22. The zero-order valence-electron chi connectivity index (χ0n) is 15.2. The second-order valence-electron chi connectivity index (χ2n) is 6.28. The van der Waals surface area contributed by atoms with Gasteiger partial charge in [-0.25, -0.2) is 0 Å². The second-order valence-corrected chi connectivity index (χ2v) is 7.44. The van der Waals surface area contributed by atoms with E-state index in [0.717, 1.165) is 14.7 Å². The van der Waals surface area contributed by atoms with Gasteiger partial charge in [0.2, 0.25) is 5.91 Å². The third-order valence-corrected chi connectivity index (χ3v) is 4.91. The lowest BCUT2D eigenvalue weighted by Gasteiger charge is -2.10. The third kappa shape index (κ3) is 7.35. The second kappa shape index (κ2) is 10.9. The van der Waals surface area contributed by atoms with E-state index in [4.69, 9.17) is 15.6 Å². The van der Waals surface area contributed by atoms with Crippen LogP contribution in [0.5, 0.6) is 11.5 Å². The summed E-state index contributed by atoms with van der Waals surface area (Å²) in [7, 11) is 0. The summed E-state index contributed by atoms with van der Waals surface area (Å²) in [5.41, 5.74) is 7.32. The highest BCUT2D eigenvalue weighted by Crippen LogP contribution is 2.20. The number of hydrogen-bond acceptors (Lipinski definition) is 5. The Bertz CT molecular complexity index is 811.